The number of hydrogen-bond donors (Lipinski definition) is 1. The normalized spacial score (nSPS) is 36.3. The minimum atomic E-state index is 0.0249. The van der Waals surface area contributed by atoms with Crippen LogP contribution in [0.4, 0.5) is 0 Å². The molecule has 2 saturated carbocycles. The number of hydrogen-bond acceptors (Lipinski definition) is 1. The van der Waals surface area contributed by atoms with Gasteiger partial charge in [0.25, 0.3) is 0 Å². The van der Waals surface area contributed by atoms with E-state index in [1.54, 1.807) is 0 Å². The molecule has 18 heavy (non-hydrogen) atoms. The summed E-state index contributed by atoms with van der Waals surface area (Å²) in [4.78, 5) is 0. The molecular formula is C17H32O. The van der Waals surface area contributed by atoms with Crippen molar-refractivity contribution in [2.75, 3.05) is 0 Å². The van der Waals surface area contributed by atoms with Gasteiger partial charge >= 0.3 is 0 Å². The van der Waals surface area contributed by atoms with E-state index < -0.39 is 0 Å². The third-order valence-corrected chi connectivity index (χ3v) is 5.41. The van der Waals surface area contributed by atoms with Crippen molar-refractivity contribution in [3.8, 4) is 0 Å². The molecule has 2 aliphatic rings. The van der Waals surface area contributed by atoms with Crippen LogP contribution < -0.4 is 0 Å². The zero-order chi connectivity index (χ0) is 12.8. The number of aliphatic hydroxyl groups is 1. The van der Waals surface area contributed by atoms with Crippen molar-refractivity contribution in [3.63, 3.8) is 0 Å². The van der Waals surface area contributed by atoms with Gasteiger partial charge in [0, 0.05) is 0 Å². The quantitative estimate of drug-likeness (QED) is 0.665. The van der Waals surface area contributed by atoms with Crippen molar-refractivity contribution >= 4 is 0 Å². The second-order valence-corrected chi connectivity index (χ2v) is 6.87. The van der Waals surface area contributed by atoms with Gasteiger partial charge in [-0.3, -0.25) is 0 Å². The maximum absolute atomic E-state index is 9.74. The molecule has 0 heterocycles. The average molecular weight is 252 g/mol. The Hall–Kier alpha value is -0.0400. The van der Waals surface area contributed by atoms with Crippen LogP contribution in [0.5, 0.6) is 0 Å². The Morgan fingerprint density at radius 2 is 1.56 bits per heavy atom. The lowest BCUT2D eigenvalue weighted by Crippen LogP contribution is -2.33. The van der Waals surface area contributed by atoms with Gasteiger partial charge in [0.05, 0.1) is 6.10 Å². The fraction of sp³-hybridized carbons (Fsp3) is 1.00. The van der Waals surface area contributed by atoms with E-state index in [1.807, 2.05) is 0 Å². The first kappa shape index (κ1) is 14.4. The fourth-order valence-electron chi connectivity index (χ4n) is 4.26. The lowest BCUT2D eigenvalue weighted by Gasteiger charge is -2.41. The highest BCUT2D eigenvalue weighted by Crippen LogP contribution is 2.44. The van der Waals surface area contributed by atoms with Gasteiger partial charge in [-0.05, 0) is 49.9 Å². The topological polar surface area (TPSA) is 20.2 Å². The molecule has 0 aromatic heterocycles. The van der Waals surface area contributed by atoms with Crippen LogP contribution in [0.2, 0.25) is 0 Å². The molecule has 106 valence electrons. The Morgan fingerprint density at radius 3 is 2.39 bits per heavy atom. The van der Waals surface area contributed by atoms with Crippen molar-refractivity contribution in [2.24, 2.45) is 17.8 Å². The zero-order valence-electron chi connectivity index (χ0n) is 12.2. The average Bonchev–Trinajstić information content (AvgIpc) is 2.38. The molecule has 0 aliphatic heterocycles. The highest BCUT2D eigenvalue weighted by molar-refractivity contribution is 4.85. The van der Waals surface area contributed by atoms with E-state index >= 15 is 0 Å². The van der Waals surface area contributed by atoms with E-state index in [4.69, 9.17) is 0 Å². The van der Waals surface area contributed by atoms with Gasteiger partial charge in [-0.25, -0.2) is 0 Å². The summed E-state index contributed by atoms with van der Waals surface area (Å²) in [5.74, 6) is 2.84. The van der Waals surface area contributed by atoms with E-state index in [9.17, 15) is 5.11 Å². The number of rotatable bonds is 6. The van der Waals surface area contributed by atoms with E-state index in [-0.39, 0.29) is 6.10 Å². The number of unbranched alkanes of at least 4 members (excludes halogenated alkanes) is 4. The second-order valence-electron chi connectivity index (χ2n) is 6.87. The molecule has 0 aromatic rings. The first-order valence-electron chi connectivity index (χ1n) is 8.47. The maximum Gasteiger partial charge on any atom is 0.0543 e. The zero-order valence-corrected chi connectivity index (χ0v) is 12.2. The Kier molecular flexibility index (Phi) is 6.01. The molecular weight excluding hydrogens is 220 g/mol. The van der Waals surface area contributed by atoms with Crippen LogP contribution in [0.15, 0.2) is 0 Å². The van der Waals surface area contributed by atoms with Gasteiger partial charge in [-0.2, -0.15) is 0 Å². The molecule has 2 rings (SSSR count). The Labute approximate surface area is 113 Å². The summed E-state index contributed by atoms with van der Waals surface area (Å²) in [5.41, 5.74) is 0. The highest BCUT2D eigenvalue weighted by atomic mass is 16.3. The van der Waals surface area contributed by atoms with E-state index in [1.165, 1.54) is 64.2 Å². The standard InChI is InChI=1S/C17H32O/c1-2-3-4-5-6-7-14-8-9-16-13-17(18)11-10-15(16)12-14/h14-18H,2-13H2,1H3. The summed E-state index contributed by atoms with van der Waals surface area (Å²) in [5, 5.41) is 9.74. The van der Waals surface area contributed by atoms with Crippen molar-refractivity contribution in [1.82, 2.24) is 0 Å². The molecule has 1 N–H and O–H groups in total. The number of fused-ring (bicyclic) bond motifs is 1. The third kappa shape index (κ3) is 4.26. The molecule has 0 amide bonds. The minimum Gasteiger partial charge on any atom is -0.393 e. The molecule has 0 spiro atoms. The molecule has 1 nitrogen and oxygen atoms in total. The molecule has 0 bridgehead atoms. The van der Waals surface area contributed by atoms with Gasteiger partial charge < -0.3 is 5.11 Å². The summed E-state index contributed by atoms with van der Waals surface area (Å²) in [6, 6.07) is 0. The van der Waals surface area contributed by atoms with Gasteiger partial charge in [-0.1, -0.05) is 51.9 Å². The van der Waals surface area contributed by atoms with Crippen LogP contribution >= 0.6 is 0 Å². The largest absolute Gasteiger partial charge is 0.393 e. The van der Waals surface area contributed by atoms with Crippen molar-refractivity contribution in [1.29, 1.82) is 0 Å². The van der Waals surface area contributed by atoms with Crippen LogP contribution in [0.25, 0.3) is 0 Å². The van der Waals surface area contributed by atoms with E-state index in [2.05, 4.69) is 6.92 Å². The summed E-state index contributed by atoms with van der Waals surface area (Å²) in [6.07, 6.45) is 16.5. The summed E-state index contributed by atoms with van der Waals surface area (Å²) < 4.78 is 0. The predicted molar refractivity (Wildman–Crippen MR) is 77.6 cm³/mol. The molecule has 2 aliphatic carbocycles. The monoisotopic (exact) mass is 252 g/mol. The maximum atomic E-state index is 9.74. The van der Waals surface area contributed by atoms with E-state index in [0.717, 1.165) is 30.6 Å². The summed E-state index contributed by atoms with van der Waals surface area (Å²) in [7, 11) is 0. The minimum absolute atomic E-state index is 0.0249. The SMILES string of the molecule is CCCCCCCC1CCC2CC(O)CCC2C1. The molecule has 2 fully saturated rings. The predicted octanol–water partition coefficient (Wildman–Crippen LogP) is 4.92. The van der Waals surface area contributed by atoms with Crippen molar-refractivity contribution in [3.05, 3.63) is 0 Å². The summed E-state index contributed by atoms with van der Waals surface area (Å²) in [6.45, 7) is 2.29. The number of aliphatic hydroxyl groups excluding tert-OH is 1. The summed E-state index contributed by atoms with van der Waals surface area (Å²) >= 11 is 0. The molecule has 4 atom stereocenters. The third-order valence-electron chi connectivity index (χ3n) is 5.41. The molecule has 0 aromatic carbocycles. The van der Waals surface area contributed by atoms with Crippen LogP contribution in [-0.2, 0) is 0 Å². The smallest absolute Gasteiger partial charge is 0.0543 e. The lowest BCUT2D eigenvalue weighted by molar-refractivity contribution is 0.0337. The van der Waals surface area contributed by atoms with Crippen LogP contribution in [0.1, 0.15) is 84.0 Å². The van der Waals surface area contributed by atoms with Crippen molar-refractivity contribution in [2.45, 2.75) is 90.1 Å². The molecule has 0 radical (unpaired) electrons. The van der Waals surface area contributed by atoms with Crippen LogP contribution in [-0.4, -0.2) is 11.2 Å². The fourth-order valence-corrected chi connectivity index (χ4v) is 4.26. The van der Waals surface area contributed by atoms with Gasteiger partial charge in [0.2, 0.25) is 0 Å². The Balaban J connectivity index is 1.62. The van der Waals surface area contributed by atoms with Gasteiger partial charge in [-0.15, -0.1) is 0 Å². The Morgan fingerprint density at radius 1 is 0.833 bits per heavy atom. The molecule has 0 saturated heterocycles. The lowest BCUT2D eigenvalue weighted by atomic mass is 9.66. The highest BCUT2D eigenvalue weighted by Gasteiger charge is 2.34. The van der Waals surface area contributed by atoms with E-state index in [0.29, 0.717) is 0 Å². The van der Waals surface area contributed by atoms with Gasteiger partial charge in [0.15, 0.2) is 0 Å². The Bertz CT molecular complexity index is 226. The molecule has 1 heteroatoms. The van der Waals surface area contributed by atoms with Crippen molar-refractivity contribution < 1.29 is 5.11 Å². The molecule has 4 unspecified atom stereocenters. The first-order valence-corrected chi connectivity index (χ1v) is 8.47. The second kappa shape index (κ2) is 7.53. The van der Waals surface area contributed by atoms with Crippen LogP contribution in [0, 0.1) is 17.8 Å². The van der Waals surface area contributed by atoms with Crippen LogP contribution in [0.3, 0.4) is 0 Å². The first-order chi connectivity index (χ1) is 8.79. The van der Waals surface area contributed by atoms with Gasteiger partial charge in [0.1, 0.15) is 0 Å².